The van der Waals surface area contributed by atoms with E-state index in [-0.39, 0.29) is 5.91 Å². The molecule has 0 aliphatic heterocycles. The average Bonchev–Trinajstić information content (AvgIpc) is 2.09. The molecule has 1 aromatic rings. The molecule has 4 heteroatoms. The Hall–Kier alpha value is -1.09. The number of nitrogens with zero attached hydrogens (tertiary/aromatic N) is 1. The van der Waals surface area contributed by atoms with Gasteiger partial charge in [0.2, 0.25) is 0 Å². The molecule has 1 aromatic heterocycles. The summed E-state index contributed by atoms with van der Waals surface area (Å²) in [5.41, 5.74) is 1.36. The molecule has 1 saturated carbocycles. The Balaban J connectivity index is 2.10. The van der Waals surface area contributed by atoms with Crippen LogP contribution in [0.25, 0.3) is 0 Å². The zero-order valence-electron chi connectivity index (χ0n) is 8.59. The highest BCUT2D eigenvalue weighted by molar-refractivity contribution is 6.29. The van der Waals surface area contributed by atoms with E-state index in [9.17, 15) is 4.79 Å². The lowest BCUT2D eigenvalue weighted by Crippen LogP contribution is -2.39. The van der Waals surface area contributed by atoms with Crippen LogP contribution in [0.1, 0.15) is 35.3 Å². The summed E-state index contributed by atoms with van der Waals surface area (Å²) in [5.74, 6) is -0.0490. The molecule has 0 radical (unpaired) electrons. The molecule has 1 fully saturated rings. The van der Waals surface area contributed by atoms with Crippen molar-refractivity contribution in [2.45, 2.75) is 32.2 Å². The van der Waals surface area contributed by atoms with Crippen LogP contribution in [0.4, 0.5) is 0 Å². The van der Waals surface area contributed by atoms with Crippen LogP contribution in [0, 0.1) is 6.92 Å². The third kappa shape index (κ3) is 2.48. The topological polar surface area (TPSA) is 42.0 Å². The molecule has 3 nitrogen and oxygen atoms in total. The zero-order valence-corrected chi connectivity index (χ0v) is 9.34. The van der Waals surface area contributed by atoms with Crippen molar-refractivity contribution < 1.29 is 4.79 Å². The second kappa shape index (κ2) is 4.19. The van der Waals surface area contributed by atoms with Crippen molar-refractivity contribution in [2.75, 3.05) is 0 Å². The second-order valence-corrected chi connectivity index (χ2v) is 4.31. The number of pyridine rings is 1. The Bertz CT molecular complexity index is 368. The molecule has 1 aliphatic rings. The number of carbonyl (C=O) groups excluding carboxylic acids is 1. The molecule has 0 spiro atoms. The van der Waals surface area contributed by atoms with Gasteiger partial charge in [0.15, 0.2) is 0 Å². The van der Waals surface area contributed by atoms with Crippen LogP contribution in [0.15, 0.2) is 12.1 Å². The van der Waals surface area contributed by atoms with Crippen LogP contribution in [-0.4, -0.2) is 16.9 Å². The molecule has 1 amide bonds. The Kier molecular flexibility index (Phi) is 2.91. The molecule has 0 saturated heterocycles. The van der Waals surface area contributed by atoms with Gasteiger partial charge in [-0.05, 0) is 38.3 Å². The van der Waals surface area contributed by atoms with E-state index >= 15 is 0 Å². The van der Waals surface area contributed by atoms with E-state index in [4.69, 9.17) is 11.6 Å². The molecule has 0 bridgehead atoms. The van der Waals surface area contributed by atoms with Crippen molar-refractivity contribution in [1.82, 2.24) is 10.3 Å². The second-order valence-electron chi connectivity index (χ2n) is 3.92. The molecule has 1 aliphatic carbocycles. The lowest BCUT2D eigenvalue weighted by Gasteiger charge is -2.26. The Morgan fingerprint density at radius 3 is 2.80 bits per heavy atom. The van der Waals surface area contributed by atoms with E-state index in [1.165, 1.54) is 6.42 Å². The summed E-state index contributed by atoms with van der Waals surface area (Å²) in [6.07, 6.45) is 3.38. The van der Waals surface area contributed by atoms with Crippen molar-refractivity contribution in [1.29, 1.82) is 0 Å². The fourth-order valence-corrected chi connectivity index (χ4v) is 1.83. The monoisotopic (exact) mass is 224 g/mol. The number of halogens is 1. The van der Waals surface area contributed by atoms with Crippen LogP contribution in [-0.2, 0) is 0 Å². The van der Waals surface area contributed by atoms with Crippen LogP contribution in [0.2, 0.25) is 5.15 Å². The van der Waals surface area contributed by atoms with Gasteiger partial charge in [-0.15, -0.1) is 0 Å². The van der Waals surface area contributed by atoms with Crippen LogP contribution < -0.4 is 5.32 Å². The molecule has 2 rings (SSSR count). The van der Waals surface area contributed by atoms with E-state index in [1.54, 1.807) is 12.1 Å². The van der Waals surface area contributed by atoms with Crippen LogP contribution >= 0.6 is 11.6 Å². The Morgan fingerprint density at radius 2 is 2.27 bits per heavy atom. The average molecular weight is 225 g/mol. The van der Waals surface area contributed by atoms with E-state index < -0.39 is 0 Å². The first-order valence-corrected chi connectivity index (χ1v) is 5.48. The molecular weight excluding hydrogens is 212 g/mol. The number of rotatable bonds is 2. The van der Waals surface area contributed by atoms with Crippen molar-refractivity contribution >= 4 is 17.5 Å². The summed E-state index contributed by atoms with van der Waals surface area (Å²) in [6.45, 7) is 1.83. The number of nitrogens with one attached hydrogen (secondary N) is 1. The van der Waals surface area contributed by atoms with Crippen LogP contribution in [0.5, 0.6) is 0 Å². The number of aromatic nitrogens is 1. The number of amides is 1. The van der Waals surface area contributed by atoms with Crippen molar-refractivity contribution in [2.24, 2.45) is 0 Å². The molecular formula is C11H13ClN2O. The minimum absolute atomic E-state index is 0.0490. The zero-order chi connectivity index (χ0) is 10.8. The first-order chi connectivity index (χ1) is 7.15. The van der Waals surface area contributed by atoms with Gasteiger partial charge in [-0.25, -0.2) is 4.98 Å². The van der Waals surface area contributed by atoms with Crippen molar-refractivity contribution in [3.63, 3.8) is 0 Å². The molecule has 15 heavy (non-hydrogen) atoms. The summed E-state index contributed by atoms with van der Waals surface area (Å²) in [4.78, 5) is 15.8. The summed E-state index contributed by atoms with van der Waals surface area (Å²) in [5, 5.41) is 3.33. The molecule has 0 unspecified atom stereocenters. The third-order valence-electron chi connectivity index (χ3n) is 2.62. The number of hydrogen-bond acceptors (Lipinski definition) is 2. The first-order valence-electron chi connectivity index (χ1n) is 5.10. The van der Waals surface area contributed by atoms with Gasteiger partial charge in [-0.3, -0.25) is 4.79 Å². The van der Waals surface area contributed by atoms with E-state index in [0.29, 0.717) is 16.8 Å². The smallest absolute Gasteiger partial charge is 0.251 e. The van der Waals surface area contributed by atoms with Gasteiger partial charge in [-0.1, -0.05) is 11.6 Å². The summed E-state index contributed by atoms with van der Waals surface area (Å²) in [7, 11) is 0. The van der Waals surface area contributed by atoms with Crippen molar-refractivity contribution in [3.8, 4) is 0 Å². The van der Waals surface area contributed by atoms with Gasteiger partial charge in [0.25, 0.3) is 5.91 Å². The number of aryl methyl sites for hydroxylation is 1. The summed E-state index contributed by atoms with van der Waals surface area (Å²) in [6, 6.07) is 3.70. The van der Waals surface area contributed by atoms with E-state index in [2.05, 4.69) is 10.3 Å². The summed E-state index contributed by atoms with van der Waals surface area (Å²) >= 11 is 5.79. The molecule has 1 N–H and O–H groups in total. The fourth-order valence-electron chi connectivity index (χ4n) is 1.58. The SMILES string of the molecule is Cc1cc(C(=O)NC2CCC2)cc(Cl)n1. The lowest BCUT2D eigenvalue weighted by atomic mass is 9.93. The van der Waals surface area contributed by atoms with Gasteiger partial charge in [-0.2, -0.15) is 0 Å². The lowest BCUT2D eigenvalue weighted by molar-refractivity contribution is 0.0917. The number of hydrogen-bond donors (Lipinski definition) is 1. The Labute approximate surface area is 93.8 Å². The van der Waals surface area contributed by atoms with Crippen LogP contribution in [0.3, 0.4) is 0 Å². The van der Waals surface area contributed by atoms with Gasteiger partial charge < -0.3 is 5.32 Å². The summed E-state index contributed by atoms with van der Waals surface area (Å²) < 4.78 is 0. The predicted molar refractivity (Wildman–Crippen MR) is 59.1 cm³/mol. The maximum atomic E-state index is 11.8. The number of carbonyl (C=O) groups is 1. The fraction of sp³-hybridized carbons (Fsp3) is 0.455. The van der Waals surface area contributed by atoms with E-state index in [1.807, 2.05) is 6.92 Å². The highest BCUT2D eigenvalue weighted by Gasteiger charge is 2.20. The quantitative estimate of drug-likeness (QED) is 0.784. The Morgan fingerprint density at radius 1 is 1.53 bits per heavy atom. The third-order valence-corrected chi connectivity index (χ3v) is 2.82. The molecule has 0 aromatic carbocycles. The van der Waals surface area contributed by atoms with Gasteiger partial charge in [0.05, 0.1) is 0 Å². The van der Waals surface area contributed by atoms with Gasteiger partial charge >= 0.3 is 0 Å². The van der Waals surface area contributed by atoms with Gasteiger partial charge in [0, 0.05) is 17.3 Å². The highest BCUT2D eigenvalue weighted by atomic mass is 35.5. The minimum atomic E-state index is -0.0490. The normalized spacial score (nSPS) is 15.9. The first kappa shape index (κ1) is 10.4. The highest BCUT2D eigenvalue weighted by Crippen LogP contribution is 2.19. The molecule has 80 valence electrons. The van der Waals surface area contributed by atoms with E-state index in [0.717, 1.165) is 18.5 Å². The van der Waals surface area contributed by atoms with Gasteiger partial charge in [0.1, 0.15) is 5.15 Å². The maximum absolute atomic E-state index is 11.8. The maximum Gasteiger partial charge on any atom is 0.251 e. The van der Waals surface area contributed by atoms with Crippen molar-refractivity contribution in [3.05, 3.63) is 28.5 Å². The predicted octanol–water partition coefficient (Wildman–Crippen LogP) is 2.33. The minimum Gasteiger partial charge on any atom is -0.349 e. The largest absolute Gasteiger partial charge is 0.349 e. The standard InChI is InChI=1S/C11H13ClN2O/c1-7-5-8(6-10(12)13-7)11(15)14-9-3-2-4-9/h5-6,9H,2-4H2,1H3,(H,14,15). The molecule has 0 atom stereocenters. The molecule has 1 heterocycles.